The van der Waals surface area contributed by atoms with Gasteiger partial charge in [-0.05, 0) is 130 Å². The van der Waals surface area contributed by atoms with Crippen LogP contribution in [0.15, 0.2) is 44.2 Å². The number of nitrogens with zero attached hydrogens (tertiary/aromatic N) is 10. The standard InChI is InChI=1S/C11H16N4.C10H14N4O.C10H16N2O.C9H14N2O2.CH4/c1-7-9-10(14-8(2)13-7)15(6-12-9)11(3,4)5;1-6-12-8-7(9(15)13-6)11-5-14(8)10(2,3)4;1-7-6-12(10(3,4)5)9(13)11-8(7)2;1-6-5-11(9(2,3)4)8(13)10-7(6)12;/h6H,1-5H3;5H,1-4H3,(H,12,13,15);6H,1-5H3;5H,1-4H3,(H,10,12,13);1H4. The van der Waals surface area contributed by atoms with Crippen LogP contribution in [0.5, 0.6) is 0 Å². The van der Waals surface area contributed by atoms with Crippen LogP contribution in [0.4, 0.5) is 0 Å². The van der Waals surface area contributed by atoms with E-state index in [1.54, 1.807) is 30.9 Å². The molecule has 0 aliphatic carbocycles. The molecule has 0 aliphatic rings. The summed E-state index contributed by atoms with van der Waals surface area (Å²) in [5.74, 6) is 1.41. The van der Waals surface area contributed by atoms with Crippen molar-refractivity contribution in [2.24, 2.45) is 0 Å². The van der Waals surface area contributed by atoms with Gasteiger partial charge < -0.3 is 14.1 Å². The molecule has 16 nitrogen and oxygen atoms in total. The molecule has 6 heterocycles. The molecular weight excluding hydrogens is 725 g/mol. The first-order valence-corrected chi connectivity index (χ1v) is 18.5. The van der Waals surface area contributed by atoms with Crippen LogP contribution in [0.2, 0.25) is 0 Å². The number of aromatic amines is 2. The molecule has 16 heteroatoms. The maximum atomic E-state index is 11.6. The minimum atomic E-state index is -0.358. The summed E-state index contributed by atoms with van der Waals surface area (Å²) in [7, 11) is 0. The highest BCUT2D eigenvalue weighted by Gasteiger charge is 2.20. The Hall–Kier alpha value is -5.54. The van der Waals surface area contributed by atoms with Gasteiger partial charge in [0.25, 0.3) is 11.1 Å². The number of H-pyrrole nitrogens is 2. The van der Waals surface area contributed by atoms with Crippen molar-refractivity contribution in [1.29, 1.82) is 0 Å². The first-order valence-electron chi connectivity index (χ1n) is 18.5. The van der Waals surface area contributed by atoms with E-state index in [2.05, 4.69) is 65.2 Å². The number of aryl methyl sites for hydroxylation is 6. The lowest BCUT2D eigenvalue weighted by Gasteiger charge is -2.22. The van der Waals surface area contributed by atoms with E-state index < -0.39 is 0 Å². The monoisotopic (exact) mass is 789 g/mol. The molecule has 6 aromatic rings. The maximum Gasteiger partial charge on any atom is 0.348 e. The van der Waals surface area contributed by atoms with Crippen molar-refractivity contribution in [3.05, 3.63) is 101 Å². The van der Waals surface area contributed by atoms with Crippen molar-refractivity contribution < 1.29 is 0 Å². The molecule has 0 atom stereocenters. The average Bonchev–Trinajstić information content (AvgIpc) is 3.66. The van der Waals surface area contributed by atoms with Gasteiger partial charge in [0.2, 0.25) is 0 Å². The topological polar surface area (TPSA) is 197 Å². The zero-order valence-electron chi connectivity index (χ0n) is 36.4. The van der Waals surface area contributed by atoms with E-state index in [1.807, 2.05) is 107 Å². The van der Waals surface area contributed by atoms with Gasteiger partial charge in [-0.15, -0.1) is 0 Å². The third-order valence-corrected chi connectivity index (χ3v) is 8.58. The van der Waals surface area contributed by atoms with E-state index in [-0.39, 0.29) is 52.1 Å². The number of aromatic nitrogens is 12. The van der Waals surface area contributed by atoms with Crippen molar-refractivity contribution in [3.63, 3.8) is 0 Å². The van der Waals surface area contributed by atoms with Crippen LogP contribution in [0, 0.1) is 41.5 Å². The van der Waals surface area contributed by atoms with Crippen LogP contribution in [-0.4, -0.2) is 58.1 Å². The number of hydrogen-bond donors (Lipinski definition) is 2. The van der Waals surface area contributed by atoms with Crippen LogP contribution < -0.4 is 22.5 Å². The van der Waals surface area contributed by atoms with E-state index in [4.69, 9.17) is 0 Å². The third-order valence-electron chi connectivity index (χ3n) is 8.58. The Morgan fingerprint density at radius 1 is 0.491 bits per heavy atom. The number of nitrogens with one attached hydrogen (secondary N) is 2. The van der Waals surface area contributed by atoms with Gasteiger partial charge in [-0.3, -0.25) is 23.7 Å². The van der Waals surface area contributed by atoms with Gasteiger partial charge in [0.1, 0.15) is 17.2 Å². The summed E-state index contributed by atoms with van der Waals surface area (Å²) in [5.41, 5.74) is 4.58. The highest BCUT2D eigenvalue weighted by Crippen LogP contribution is 2.22. The molecule has 0 spiro atoms. The van der Waals surface area contributed by atoms with E-state index in [1.165, 1.54) is 4.57 Å². The summed E-state index contributed by atoms with van der Waals surface area (Å²) >= 11 is 0. The lowest BCUT2D eigenvalue weighted by molar-refractivity contribution is 0.375. The minimum absolute atomic E-state index is 0. The second kappa shape index (κ2) is 17.3. The Balaban J connectivity index is 0.000000262. The first-order chi connectivity index (χ1) is 25.4. The minimum Gasteiger partial charge on any atom is -0.310 e. The Labute approximate surface area is 334 Å². The smallest absolute Gasteiger partial charge is 0.310 e. The average molecular weight is 789 g/mol. The van der Waals surface area contributed by atoms with Gasteiger partial charge in [0, 0.05) is 45.8 Å². The van der Waals surface area contributed by atoms with E-state index in [0.717, 1.165) is 33.9 Å². The van der Waals surface area contributed by atoms with Crippen LogP contribution in [0.25, 0.3) is 22.3 Å². The predicted octanol–water partition coefficient (Wildman–Crippen LogP) is 6.23. The summed E-state index contributed by atoms with van der Waals surface area (Å²) in [6.45, 7) is 35.4. The number of rotatable bonds is 0. The molecule has 2 N–H and O–H groups in total. The molecular formula is C41H64N12O4. The Kier molecular flexibility index (Phi) is 14.5. The summed E-state index contributed by atoms with van der Waals surface area (Å²) < 4.78 is 7.17. The number of fused-ring (bicyclic) bond motifs is 2. The van der Waals surface area contributed by atoms with Gasteiger partial charge in [-0.25, -0.2) is 34.5 Å². The molecule has 6 rings (SSSR count). The largest absolute Gasteiger partial charge is 0.348 e. The third kappa shape index (κ3) is 11.7. The molecule has 0 saturated carbocycles. The van der Waals surface area contributed by atoms with Crippen molar-refractivity contribution >= 4 is 22.3 Å². The van der Waals surface area contributed by atoms with Crippen molar-refractivity contribution in [1.82, 2.24) is 58.1 Å². The molecule has 0 radical (unpaired) electrons. The number of imidazole rings is 2. The van der Waals surface area contributed by atoms with Gasteiger partial charge in [0.15, 0.2) is 16.8 Å². The summed E-state index contributed by atoms with van der Waals surface area (Å²) in [6, 6.07) is 0. The van der Waals surface area contributed by atoms with Crippen LogP contribution in [-0.2, 0) is 22.2 Å². The van der Waals surface area contributed by atoms with Gasteiger partial charge in [-0.1, -0.05) is 7.43 Å². The van der Waals surface area contributed by atoms with Crippen LogP contribution >= 0.6 is 0 Å². The Morgan fingerprint density at radius 2 is 0.947 bits per heavy atom. The second-order valence-corrected chi connectivity index (χ2v) is 17.9. The second-order valence-electron chi connectivity index (χ2n) is 17.9. The van der Waals surface area contributed by atoms with Crippen molar-refractivity contribution in [2.75, 3.05) is 0 Å². The Bertz CT molecular complexity index is 2570. The fourth-order valence-electron chi connectivity index (χ4n) is 5.35. The Morgan fingerprint density at radius 3 is 1.44 bits per heavy atom. The van der Waals surface area contributed by atoms with Crippen LogP contribution in [0.3, 0.4) is 0 Å². The number of hydrogen-bond acceptors (Lipinski definition) is 10. The van der Waals surface area contributed by atoms with Crippen molar-refractivity contribution in [3.8, 4) is 0 Å². The molecule has 0 saturated heterocycles. The molecule has 0 aromatic carbocycles. The van der Waals surface area contributed by atoms with Gasteiger partial charge in [0.05, 0.1) is 18.3 Å². The lowest BCUT2D eigenvalue weighted by Crippen LogP contribution is -2.39. The highest BCUT2D eigenvalue weighted by molar-refractivity contribution is 5.73. The molecule has 57 heavy (non-hydrogen) atoms. The molecule has 0 unspecified atom stereocenters. The van der Waals surface area contributed by atoms with Crippen molar-refractivity contribution in [2.45, 2.75) is 154 Å². The van der Waals surface area contributed by atoms with Gasteiger partial charge >= 0.3 is 11.4 Å². The van der Waals surface area contributed by atoms with E-state index in [0.29, 0.717) is 22.6 Å². The molecule has 6 aromatic heterocycles. The van der Waals surface area contributed by atoms with E-state index >= 15 is 0 Å². The van der Waals surface area contributed by atoms with Gasteiger partial charge in [-0.2, -0.15) is 4.98 Å². The quantitative estimate of drug-likeness (QED) is 0.178. The molecule has 312 valence electrons. The first kappa shape index (κ1) is 47.6. The molecule has 0 bridgehead atoms. The zero-order valence-corrected chi connectivity index (χ0v) is 36.4. The fourth-order valence-corrected chi connectivity index (χ4v) is 5.35. The van der Waals surface area contributed by atoms with Crippen LogP contribution in [0.1, 0.15) is 125 Å². The summed E-state index contributed by atoms with van der Waals surface area (Å²) in [5, 5.41) is 0. The zero-order chi connectivity index (χ0) is 42.9. The fraction of sp³-hybridized carbons (Fsp3) is 0.561. The maximum absolute atomic E-state index is 11.6. The molecule has 0 aliphatic heterocycles. The summed E-state index contributed by atoms with van der Waals surface area (Å²) in [6.07, 6.45) is 6.95. The molecule has 0 amide bonds. The summed E-state index contributed by atoms with van der Waals surface area (Å²) in [4.78, 5) is 75.8. The molecule has 0 fully saturated rings. The SMILES string of the molecule is C.Cc1cn(C(C)(C)C)c(=O)[nH]c1=O.Cc1cn(C(C)(C)C)c(=O)nc1C.Cc1nc(C)c2ncn(C(C)(C)C)c2n1.Cc1nc2c(ncn2C(C)(C)C)c(=O)[nH]1. The van der Waals surface area contributed by atoms with E-state index in [9.17, 15) is 19.2 Å². The predicted molar refractivity (Wildman–Crippen MR) is 228 cm³/mol. The normalized spacial score (nSPS) is 11.8. The lowest BCUT2D eigenvalue weighted by atomic mass is 10.1. The highest BCUT2D eigenvalue weighted by atomic mass is 16.2.